The minimum atomic E-state index is -0.564. The molecule has 0 aromatic carbocycles. The molecule has 0 spiro atoms. The molecule has 0 aromatic rings. The molecule has 0 aliphatic carbocycles. The maximum absolute atomic E-state index is 3.64. The van der Waals surface area contributed by atoms with Gasteiger partial charge in [0.2, 0.25) is 0 Å². The summed E-state index contributed by atoms with van der Waals surface area (Å²) >= 11 is -0.564. The average Bonchev–Trinajstić information content (AvgIpc) is 2.59. The van der Waals surface area contributed by atoms with E-state index in [1.807, 2.05) is 0 Å². The first kappa shape index (κ1) is 13.8. The van der Waals surface area contributed by atoms with Crippen LogP contribution in [-0.4, -0.2) is 20.0 Å². The van der Waals surface area contributed by atoms with Crippen molar-refractivity contribution < 1.29 is 0 Å². The van der Waals surface area contributed by atoms with Gasteiger partial charge in [0.05, 0.1) is 0 Å². The molecule has 1 N–H and O–H groups in total. The quantitative estimate of drug-likeness (QED) is 0.322. The van der Waals surface area contributed by atoms with Gasteiger partial charge in [0, 0.05) is 0 Å². The van der Waals surface area contributed by atoms with Crippen LogP contribution >= 0.6 is 19.8 Å². The molecule has 1 heterocycles. The van der Waals surface area contributed by atoms with Gasteiger partial charge in [-0.05, 0) is 0 Å². The Bertz CT molecular complexity index is 172. The van der Waals surface area contributed by atoms with Crippen molar-refractivity contribution in [1.82, 2.24) is 5.32 Å². The van der Waals surface area contributed by atoms with E-state index in [-0.39, 0.29) is 0 Å². The van der Waals surface area contributed by atoms with E-state index in [2.05, 4.69) is 26.1 Å². The van der Waals surface area contributed by atoms with E-state index in [1.54, 1.807) is 8.86 Å². The normalized spacial score (nSPS) is 28.6. The zero-order chi connectivity index (χ0) is 11.1. The first-order chi connectivity index (χ1) is 7.20. The molecule has 0 aromatic heterocycles. The summed E-state index contributed by atoms with van der Waals surface area (Å²) < 4.78 is 4.65. The van der Waals surface area contributed by atoms with E-state index in [9.17, 15) is 0 Å². The second-order valence-corrected chi connectivity index (χ2v) is 11.0. The Kier molecular flexibility index (Phi) is 6.51. The Hall–Kier alpha value is 0.690. The number of hydrogen-bond acceptors (Lipinski definition) is 1. The second-order valence-electron chi connectivity index (χ2n) is 5.19. The number of unbranched alkanes of at least 4 members (excludes halogenated alkanes) is 1. The van der Waals surface area contributed by atoms with Crippen LogP contribution < -0.4 is 5.32 Å². The van der Waals surface area contributed by atoms with Crippen LogP contribution in [-0.2, 0) is 0 Å². The zero-order valence-electron chi connectivity index (χ0n) is 10.7. The molecule has 15 heavy (non-hydrogen) atoms. The molecule has 1 saturated heterocycles. The van der Waals surface area contributed by atoms with Crippen LogP contribution in [0.3, 0.4) is 0 Å². The summed E-state index contributed by atoms with van der Waals surface area (Å²) in [5, 5.41) is 3.64. The van der Waals surface area contributed by atoms with E-state index in [4.69, 9.17) is 0 Å². The van der Waals surface area contributed by atoms with Crippen LogP contribution in [0, 0.1) is 5.41 Å². The fourth-order valence-electron chi connectivity index (χ4n) is 2.24. The van der Waals surface area contributed by atoms with E-state index in [0.29, 0.717) is 0 Å². The summed E-state index contributed by atoms with van der Waals surface area (Å²) in [7, 11) is 0. The van der Waals surface area contributed by atoms with Crippen molar-refractivity contribution >= 4 is 19.8 Å². The molecule has 0 amide bonds. The predicted molar refractivity (Wildman–Crippen MR) is 79.2 cm³/mol. The molecular formula is C13H28IN. The van der Waals surface area contributed by atoms with Crippen molar-refractivity contribution in [2.75, 3.05) is 20.0 Å². The van der Waals surface area contributed by atoms with Crippen molar-refractivity contribution in [2.45, 2.75) is 52.9 Å². The molecule has 1 atom stereocenters. The maximum atomic E-state index is 3.64. The number of hydrogen-bond donors (Lipinski definition) is 1. The van der Waals surface area contributed by atoms with Crippen molar-refractivity contribution in [3.8, 4) is 0 Å². The first-order valence-electron chi connectivity index (χ1n) is 6.48. The molecule has 0 bridgehead atoms. The van der Waals surface area contributed by atoms with Crippen molar-refractivity contribution in [1.29, 1.82) is 0 Å². The van der Waals surface area contributed by atoms with Gasteiger partial charge in [-0.1, -0.05) is 0 Å². The number of nitrogens with one attached hydrogen (secondary N) is 1. The molecule has 1 nitrogen and oxygen atoms in total. The van der Waals surface area contributed by atoms with E-state index in [1.165, 1.54) is 43.2 Å². The van der Waals surface area contributed by atoms with E-state index < -0.39 is 19.8 Å². The van der Waals surface area contributed by atoms with Gasteiger partial charge in [-0.3, -0.25) is 0 Å². The van der Waals surface area contributed by atoms with Crippen LogP contribution in [0.15, 0.2) is 0 Å². The molecule has 92 valence electrons. The summed E-state index contributed by atoms with van der Waals surface area (Å²) in [6.07, 6.45) is 7.13. The third-order valence-electron chi connectivity index (χ3n) is 3.32. The number of alkyl halides is 3. The van der Waals surface area contributed by atoms with E-state index >= 15 is 0 Å². The Morgan fingerprint density at radius 1 is 1.27 bits per heavy atom. The molecule has 2 heteroatoms. The molecular weight excluding hydrogens is 297 g/mol. The van der Waals surface area contributed by atoms with Gasteiger partial charge >= 0.3 is 103 Å². The Balaban J connectivity index is 2.18. The van der Waals surface area contributed by atoms with Crippen LogP contribution in [0.25, 0.3) is 0 Å². The monoisotopic (exact) mass is 325 g/mol. The van der Waals surface area contributed by atoms with Crippen LogP contribution in [0.1, 0.15) is 52.9 Å². The SMILES string of the molecule is CCCC[C@@]1(C)CCI(CNCCC)C1. The standard InChI is InChI=1S/C13H28IN/c1-4-6-7-13(3)8-9-14(11-13)12-15-10-5-2/h15H,4-12H2,1-3H3/t13-/m0/s1. The molecule has 1 rings (SSSR count). The van der Waals surface area contributed by atoms with Gasteiger partial charge in [-0.15, -0.1) is 0 Å². The topological polar surface area (TPSA) is 12.0 Å². The Morgan fingerprint density at radius 3 is 2.73 bits per heavy atom. The van der Waals surface area contributed by atoms with Crippen molar-refractivity contribution in [3.05, 3.63) is 0 Å². The van der Waals surface area contributed by atoms with Crippen LogP contribution in [0.5, 0.6) is 0 Å². The van der Waals surface area contributed by atoms with Gasteiger partial charge in [0.15, 0.2) is 0 Å². The molecule has 0 unspecified atom stereocenters. The van der Waals surface area contributed by atoms with Crippen LogP contribution in [0.2, 0.25) is 0 Å². The molecule has 1 aliphatic rings. The number of halogens is 1. The fourth-order valence-corrected chi connectivity index (χ4v) is 9.85. The van der Waals surface area contributed by atoms with Gasteiger partial charge in [0.25, 0.3) is 0 Å². The summed E-state index contributed by atoms with van der Waals surface area (Å²) in [5.74, 6) is 0. The second kappa shape index (κ2) is 7.10. The summed E-state index contributed by atoms with van der Waals surface area (Å²) in [5.41, 5.74) is 0.745. The Morgan fingerprint density at radius 2 is 2.07 bits per heavy atom. The van der Waals surface area contributed by atoms with Gasteiger partial charge in [0.1, 0.15) is 0 Å². The van der Waals surface area contributed by atoms with Gasteiger partial charge < -0.3 is 0 Å². The van der Waals surface area contributed by atoms with Crippen molar-refractivity contribution in [2.24, 2.45) is 5.41 Å². The summed E-state index contributed by atoms with van der Waals surface area (Å²) in [6, 6.07) is 0. The third-order valence-corrected chi connectivity index (χ3v) is 9.92. The predicted octanol–water partition coefficient (Wildman–Crippen LogP) is 4.05. The summed E-state index contributed by atoms with van der Waals surface area (Å²) in [6.45, 7) is 8.35. The third kappa shape index (κ3) is 5.03. The molecule has 0 saturated carbocycles. The van der Waals surface area contributed by atoms with Gasteiger partial charge in [-0.25, -0.2) is 0 Å². The first-order valence-corrected chi connectivity index (χ1v) is 11.1. The molecule has 1 aliphatic heterocycles. The van der Waals surface area contributed by atoms with Crippen LogP contribution in [0.4, 0.5) is 0 Å². The van der Waals surface area contributed by atoms with E-state index in [0.717, 1.165) is 5.41 Å². The number of rotatable bonds is 7. The minimum absolute atomic E-state index is 0.564. The fraction of sp³-hybridized carbons (Fsp3) is 1.00. The average molecular weight is 325 g/mol. The Labute approximate surface area is 103 Å². The zero-order valence-corrected chi connectivity index (χ0v) is 12.9. The molecule has 1 fully saturated rings. The van der Waals surface area contributed by atoms with Crippen molar-refractivity contribution in [3.63, 3.8) is 0 Å². The molecule has 0 radical (unpaired) electrons. The van der Waals surface area contributed by atoms with Gasteiger partial charge in [-0.2, -0.15) is 0 Å². The summed E-state index contributed by atoms with van der Waals surface area (Å²) in [4.78, 5) is 0.